The Hall–Kier alpha value is -1.23. The molecule has 0 saturated carbocycles. The third kappa shape index (κ3) is 2.10. The van der Waals surface area contributed by atoms with Crippen molar-refractivity contribution in [1.82, 2.24) is 5.32 Å². The van der Waals surface area contributed by atoms with Gasteiger partial charge < -0.3 is 10.2 Å². The van der Waals surface area contributed by atoms with Crippen LogP contribution in [0.4, 0.5) is 18.9 Å². The predicted molar refractivity (Wildman–Crippen MR) is 67.7 cm³/mol. The van der Waals surface area contributed by atoms with Crippen molar-refractivity contribution in [2.75, 3.05) is 11.9 Å². The Labute approximate surface area is 110 Å². The van der Waals surface area contributed by atoms with Crippen molar-refractivity contribution >= 4 is 5.69 Å². The smallest absolute Gasteiger partial charge is 0.152 e. The highest BCUT2D eigenvalue weighted by Gasteiger charge is 2.42. The molecular weight excluding hydrogens is 253 g/mol. The maximum absolute atomic E-state index is 13.9. The van der Waals surface area contributed by atoms with Crippen LogP contribution in [-0.4, -0.2) is 25.2 Å². The van der Waals surface area contributed by atoms with Gasteiger partial charge in [0, 0.05) is 30.3 Å². The number of hydrogen-bond donors (Lipinski definition) is 1. The molecule has 3 rings (SSSR count). The van der Waals surface area contributed by atoms with E-state index < -0.39 is 17.5 Å². The second-order valence-corrected chi connectivity index (χ2v) is 5.47. The number of benzene rings is 1. The first kappa shape index (κ1) is 12.8. The van der Waals surface area contributed by atoms with E-state index in [2.05, 4.69) is 5.32 Å². The molecule has 1 N–H and O–H groups in total. The van der Waals surface area contributed by atoms with Crippen LogP contribution in [0, 0.1) is 17.5 Å². The van der Waals surface area contributed by atoms with Gasteiger partial charge in [0.25, 0.3) is 0 Å². The van der Waals surface area contributed by atoms with Crippen LogP contribution in [0.5, 0.6) is 0 Å². The average molecular weight is 270 g/mol. The summed E-state index contributed by atoms with van der Waals surface area (Å²) in [5.41, 5.74) is -0.0524. The lowest BCUT2D eigenvalue weighted by molar-refractivity contribution is 0.366. The molecule has 2 nitrogen and oxygen atoms in total. The van der Waals surface area contributed by atoms with Gasteiger partial charge in [-0.25, -0.2) is 13.2 Å². The summed E-state index contributed by atoms with van der Waals surface area (Å²) < 4.78 is 40.8. The topological polar surface area (TPSA) is 15.3 Å². The number of hydrogen-bond acceptors (Lipinski definition) is 2. The Morgan fingerprint density at radius 1 is 1.05 bits per heavy atom. The highest BCUT2D eigenvalue weighted by atomic mass is 19.1. The van der Waals surface area contributed by atoms with E-state index in [1.54, 1.807) is 0 Å². The number of fused-ring (bicyclic) bond motifs is 2. The first-order valence-electron chi connectivity index (χ1n) is 6.70. The van der Waals surface area contributed by atoms with E-state index in [4.69, 9.17) is 0 Å². The lowest BCUT2D eigenvalue weighted by Crippen LogP contribution is -2.49. The zero-order valence-corrected chi connectivity index (χ0v) is 10.8. The van der Waals surface area contributed by atoms with E-state index in [1.165, 1.54) is 0 Å². The van der Waals surface area contributed by atoms with Crippen LogP contribution in [0.25, 0.3) is 0 Å². The van der Waals surface area contributed by atoms with Crippen molar-refractivity contribution < 1.29 is 13.2 Å². The highest BCUT2D eigenvalue weighted by molar-refractivity contribution is 5.53. The fraction of sp³-hybridized carbons (Fsp3) is 0.571. The molecule has 2 unspecified atom stereocenters. The van der Waals surface area contributed by atoms with E-state index in [1.807, 2.05) is 11.9 Å². The van der Waals surface area contributed by atoms with Gasteiger partial charge in [0.2, 0.25) is 0 Å². The van der Waals surface area contributed by atoms with Gasteiger partial charge in [-0.2, -0.15) is 0 Å². The standard InChI is InChI=1S/C14H17F3N2/c1-18-9-6-10-2-3-11(7-9)19(10)14-12(16)4-8(15)5-13(14)17/h4-5,9-11,18H,2-3,6-7H2,1H3. The van der Waals surface area contributed by atoms with Crippen LogP contribution in [0.2, 0.25) is 0 Å². The van der Waals surface area contributed by atoms with Gasteiger partial charge in [-0.05, 0) is 32.7 Å². The number of rotatable bonds is 2. The normalized spacial score (nSPS) is 29.9. The molecule has 0 aliphatic carbocycles. The molecular formula is C14H17F3N2. The SMILES string of the molecule is CNC1CC2CCC(C1)N2c1c(F)cc(F)cc1F. The summed E-state index contributed by atoms with van der Waals surface area (Å²) in [7, 11) is 1.92. The molecule has 0 spiro atoms. The van der Waals surface area contributed by atoms with Crippen molar-refractivity contribution in [1.29, 1.82) is 0 Å². The second kappa shape index (κ2) is 4.71. The lowest BCUT2D eigenvalue weighted by Gasteiger charge is -2.40. The molecule has 1 aromatic rings. The van der Waals surface area contributed by atoms with E-state index in [0.29, 0.717) is 6.04 Å². The third-order valence-corrected chi connectivity index (χ3v) is 4.38. The molecule has 2 saturated heterocycles. The molecule has 2 heterocycles. The van der Waals surface area contributed by atoms with Gasteiger partial charge in [0.15, 0.2) is 11.6 Å². The molecule has 2 aliphatic heterocycles. The molecule has 19 heavy (non-hydrogen) atoms. The third-order valence-electron chi connectivity index (χ3n) is 4.38. The quantitative estimate of drug-likeness (QED) is 0.889. The molecule has 2 bridgehead atoms. The van der Waals surface area contributed by atoms with Crippen molar-refractivity contribution in [3.63, 3.8) is 0 Å². The van der Waals surface area contributed by atoms with E-state index in [9.17, 15) is 13.2 Å². The van der Waals surface area contributed by atoms with Gasteiger partial charge in [-0.1, -0.05) is 0 Å². The number of nitrogens with zero attached hydrogens (tertiary/aromatic N) is 1. The Bertz CT molecular complexity index is 455. The molecule has 104 valence electrons. The van der Waals surface area contributed by atoms with Crippen molar-refractivity contribution in [2.24, 2.45) is 0 Å². The fourth-order valence-corrected chi connectivity index (χ4v) is 3.56. The number of anilines is 1. The molecule has 5 heteroatoms. The van der Waals surface area contributed by atoms with Crippen LogP contribution in [0.3, 0.4) is 0 Å². The summed E-state index contributed by atoms with van der Waals surface area (Å²) in [6.45, 7) is 0. The zero-order chi connectivity index (χ0) is 13.6. The van der Waals surface area contributed by atoms with E-state index in [-0.39, 0.29) is 17.8 Å². The predicted octanol–water partition coefficient (Wildman–Crippen LogP) is 2.82. The number of piperidine rings is 1. The van der Waals surface area contributed by atoms with E-state index >= 15 is 0 Å². The minimum absolute atomic E-state index is 0.0524. The van der Waals surface area contributed by atoms with Crippen molar-refractivity contribution in [3.8, 4) is 0 Å². The molecule has 0 radical (unpaired) electrons. The monoisotopic (exact) mass is 270 g/mol. The largest absolute Gasteiger partial charge is 0.361 e. The molecule has 2 fully saturated rings. The fourth-order valence-electron chi connectivity index (χ4n) is 3.56. The summed E-state index contributed by atoms with van der Waals surface area (Å²) in [5.74, 6) is -2.45. The Kier molecular flexibility index (Phi) is 3.17. The van der Waals surface area contributed by atoms with E-state index in [0.717, 1.165) is 37.8 Å². The van der Waals surface area contributed by atoms with Crippen molar-refractivity contribution in [2.45, 2.75) is 43.8 Å². The minimum Gasteiger partial charge on any atom is -0.361 e. The van der Waals surface area contributed by atoms with Gasteiger partial charge in [-0.15, -0.1) is 0 Å². The highest BCUT2D eigenvalue weighted by Crippen LogP contribution is 2.41. The summed E-state index contributed by atoms with van der Waals surface area (Å²) in [5, 5.41) is 3.24. The van der Waals surface area contributed by atoms with Gasteiger partial charge in [-0.3, -0.25) is 0 Å². The number of nitrogens with one attached hydrogen (secondary N) is 1. The molecule has 2 atom stereocenters. The maximum Gasteiger partial charge on any atom is 0.152 e. The Balaban J connectivity index is 1.96. The molecule has 0 aromatic heterocycles. The zero-order valence-electron chi connectivity index (χ0n) is 10.8. The summed E-state index contributed by atoms with van der Waals surface area (Å²) in [6, 6.07) is 2.22. The van der Waals surface area contributed by atoms with Gasteiger partial charge >= 0.3 is 0 Å². The first-order chi connectivity index (χ1) is 9.10. The first-order valence-corrected chi connectivity index (χ1v) is 6.70. The van der Waals surface area contributed by atoms with Crippen LogP contribution >= 0.6 is 0 Å². The second-order valence-electron chi connectivity index (χ2n) is 5.47. The van der Waals surface area contributed by atoms with Crippen LogP contribution in [-0.2, 0) is 0 Å². The molecule has 2 aliphatic rings. The summed E-state index contributed by atoms with van der Waals surface area (Å²) in [4.78, 5) is 1.83. The van der Waals surface area contributed by atoms with Crippen LogP contribution in [0.15, 0.2) is 12.1 Å². The Morgan fingerprint density at radius 2 is 1.58 bits per heavy atom. The van der Waals surface area contributed by atoms with Crippen molar-refractivity contribution in [3.05, 3.63) is 29.6 Å². The summed E-state index contributed by atoms with van der Waals surface area (Å²) >= 11 is 0. The summed E-state index contributed by atoms with van der Waals surface area (Å²) in [6.07, 6.45) is 3.64. The molecule has 1 aromatic carbocycles. The molecule has 0 amide bonds. The van der Waals surface area contributed by atoms with Gasteiger partial charge in [0.1, 0.15) is 11.5 Å². The Morgan fingerprint density at radius 3 is 2.05 bits per heavy atom. The van der Waals surface area contributed by atoms with Gasteiger partial charge in [0.05, 0.1) is 0 Å². The maximum atomic E-state index is 13.9. The van der Waals surface area contributed by atoms with Crippen LogP contribution < -0.4 is 10.2 Å². The average Bonchev–Trinajstić information content (AvgIpc) is 2.60. The lowest BCUT2D eigenvalue weighted by atomic mass is 9.96. The number of halogens is 3. The van der Waals surface area contributed by atoms with Crippen LogP contribution in [0.1, 0.15) is 25.7 Å². The minimum atomic E-state index is -0.865.